The number of hydrogen-bond donors (Lipinski definition) is 2. The van der Waals surface area contributed by atoms with E-state index in [9.17, 15) is 18.0 Å². The van der Waals surface area contributed by atoms with Gasteiger partial charge in [0.25, 0.3) is 5.91 Å². The van der Waals surface area contributed by atoms with Crippen LogP contribution in [0, 0.1) is 20.8 Å². The molecule has 8 heteroatoms. The zero-order chi connectivity index (χ0) is 21.3. The maximum Gasteiger partial charge on any atom is 0.262 e. The van der Waals surface area contributed by atoms with Gasteiger partial charge in [0.2, 0.25) is 5.91 Å². The summed E-state index contributed by atoms with van der Waals surface area (Å²) in [5.74, 6) is -0.352. The van der Waals surface area contributed by atoms with Crippen molar-refractivity contribution in [2.75, 3.05) is 17.2 Å². The predicted molar refractivity (Wildman–Crippen MR) is 111 cm³/mol. The van der Waals surface area contributed by atoms with Gasteiger partial charge in [0.05, 0.1) is 15.8 Å². The Morgan fingerprint density at radius 1 is 1.14 bits per heavy atom. The number of fused-ring (bicyclic) bond motifs is 1. The van der Waals surface area contributed by atoms with Crippen molar-refractivity contribution in [3.05, 3.63) is 47.0 Å². The largest absolute Gasteiger partial charge is 0.482 e. The number of sulfone groups is 1. The summed E-state index contributed by atoms with van der Waals surface area (Å²) in [6.45, 7) is 6.86. The molecule has 0 aliphatic carbocycles. The summed E-state index contributed by atoms with van der Waals surface area (Å²) in [5.41, 5.74) is 3.59. The molecule has 1 heterocycles. The number of rotatable bonds is 5. The molecule has 0 saturated carbocycles. The third-order valence-electron chi connectivity index (χ3n) is 4.72. The van der Waals surface area contributed by atoms with Gasteiger partial charge in [-0.15, -0.1) is 0 Å². The van der Waals surface area contributed by atoms with Gasteiger partial charge >= 0.3 is 0 Å². The van der Waals surface area contributed by atoms with Crippen LogP contribution in [0.4, 0.5) is 11.4 Å². The summed E-state index contributed by atoms with van der Waals surface area (Å²) in [4.78, 5) is 24.0. The molecule has 0 aromatic heterocycles. The Labute approximate surface area is 170 Å². The van der Waals surface area contributed by atoms with Crippen LogP contribution < -0.4 is 15.4 Å². The number of anilines is 2. The number of carbonyl (C=O) groups excluding carboxylic acids is 2. The quantitative estimate of drug-likeness (QED) is 0.780. The van der Waals surface area contributed by atoms with E-state index in [-0.39, 0.29) is 29.7 Å². The van der Waals surface area contributed by atoms with Gasteiger partial charge in [0, 0.05) is 18.2 Å². The topological polar surface area (TPSA) is 102 Å². The highest BCUT2D eigenvalue weighted by atomic mass is 32.2. The lowest BCUT2D eigenvalue weighted by Gasteiger charge is -2.21. The summed E-state index contributed by atoms with van der Waals surface area (Å²) in [6, 6.07) is 8.65. The van der Waals surface area contributed by atoms with E-state index in [4.69, 9.17) is 4.74 Å². The van der Waals surface area contributed by atoms with Crippen molar-refractivity contribution in [3.8, 4) is 5.75 Å². The summed E-state index contributed by atoms with van der Waals surface area (Å²) >= 11 is 0. The fourth-order valence-electron chi connectivity index (χ4n) is 3.37. The van der Waals surface area contributed by atoms with Crippen molar-refractivity contribution < 1.29 is 22.7 Å². The zero-order valence-corrected chi connectivity index (χ0v) is 17.6. The first-order valence-corrected chi connectivity index (χ1v) is 10.8. The highest BCUT2D eigenvalue weighted by Gasteiger charge is 2.29. The van der Waals surface area contributed by atoms with Gasteiger partial charge in [-0.1, -0.05) is 6.07 Å². The second-order valence-electron chi connectivity index (χ2n) is 7.44. The third-order valence-corrected chi connectivity index (χ3v) is 7.00. The van der Waals surface area contributed by atoms with E-state index in [0.717, 1.165) is 11.1 Å². The Hall–Kier alpha value is -2.87. The molecular weight excluding hydrogens is 392 g/mol. The molecule has 0 bridgehead atoms. The van der Waals surface area contributed by atoms with Gasteiger partial charge in [0.1, 0.15) is 5.75 Å². The molecule has 1 unspecified atom stereocenters. The highest BCUT2D eigenvalue weighted by molar-refractivity contribution is 7.92. The molecule has 3 rings (SSSR count). The van der Waals surface area contributed by atoms with Crippen LogP contribution in [-0.2, 0) is 19.4 Å². The Balaban J connectivity index is 1.78. The lowest BCUT2D eigenvalue weighted by molar-refractivity contribution is -0.118. The smallest absolute Gasteiger partial charge is 0.262 e. The van der Waals surface area contributed by atoms with Crippen LogP contribution in [0.2, 0.25) is 0 Å². The lowest BCUT2D eigenvalue weighted by atomic mass is 10.1. The second-order valence-corrected chi connectivity index (χ2v) is 9.77. The van der Waals surface area contributed by atoms with Crippen LogP contribution in [-0.4, -0.2) is 32.1 Å². The Bertz CT molecular complexity index is 1070. The van der Waals surface area contributed by atoms with Crippen LogP contribution in [0.15, 0.2) is 35.2 Å². The van der Waals surface area contributed by atoms with Crippen molar-refractivity contribution in [2.45, 2.75) is 44.3 Å². The van der Waals surface area contributed by atoms with E-state index in [0.29, 0.717) is 22.7 Å². The molecule has 1 aliphatic heterocycles. The fraction of sp³-hybridized carbons (Fsp3) is 0.333. The molecule has 29 heavy (non-hydrogen) atoms. The standard InChI is InChI=1S/C21H24N2O5S/c1-12-5-13(2)7-16(6-12)22-20(24)9-15(4)29(26,27)19-10-18-17(8-14(19)3)23-21(25)11-28-18/h5-8,10,15H,9,11H2,1-4H3,(H,22,24)(H,23,25). The van der Waals surface area contributed by atoms with Crippen molar-refractivity contribution >= 4 is 33.0 Å². The molecular formula is C21H24N2O5S. The normalized spacial score (nSPS) is 14.4. The average molecular weight is 416 g/mol. The van der Waals surface area contributed by atoms with Gasteiger partial charge in [-0.3, -0.25) is 9.59 Å². The van der Waals surface area contributed by atoms with Gasteiger partial charge in [-0.25, -0.2) is 8.42 Å². The van der Waals surface area contributed by atoms with E-state index in [1.165, 1.54) is 13.0 Å². The molecule has 2 amide bonds. The number of aryl methyl sites for hydroxylation is 3. The molecule has 0 spiro atoms. The van der Waals surface area contributed by atoms with Crippen LogP contribution in [0.5, 0.6) is 5.75 Å². The third kappa shape index (κ3) is 4.59. The molecule has 0 radical (unpaired) electrons. The summed E-state index contributed by atoms with van der Waals surface area (Å²) in [6.07, 6.45) is -0.177. The minimum absolute atomic E-state index is 0.0964. The Kier molecular flexibility index (Phi) is 5.66. The average Bonchev–Trinajstić information content (AvgIpc) is 2.59. The molecule has 0 saturated heterocycles. The lowest BCUT2D eigenvalue weighted by Crippen LogP contribution is -2.27. The first-order valence-electron chi connectivity index (χ1n) is 9.25. The van der Waals surface area contributed by atoms with Crippen molar-refractivity contribution in [3.63, 3.8) is 0 Å². The summed E-state index contributed by atoms with van der Waals surface area (Å²) in [5, 5.41) is 4.50. The minimum atomic E-state index is -3.77. The molecule has 1 atom stereocenters. The minimum Gasteiger partial charge on any atom is -0.482 e. The van der Waals surface area contributed by atoms with E-state index < -0.39 is 15.1 Å². The number of carbonyl (C=O) groups is 2. The Morgan fingerprint density at radius 2 is 1.79 bits per heavy atom. The number of benzene rings is 2. The van der Waals surface area contributed by atoms with Crippen LogP contribution in [0.1, 0.15) is 30.0 Å². The van der Waals surface area contributed by atoms with Crippen LogP contribution in [0.3, 0.4) is 0 Å². The molecule has 0 fully saturated rings. The summed E-state index contributed by atoms with van der Waals surface area (Å²) in [7, 11) is -3.77. The number of hydrogen-bond acceptors (Lipinski definition) is 5. The number of amides is 2. The van der Waals surface area contributed by atoms with Crippen LogP contribution >= 0.6 is 0 Å². The van der Waals surface area contributed by atoms with Gasteiger partial charge < -0.3 is 15.4 Å². The molecule has 154 valence electrons. The van der Waals surface area contributed by atoms with E-state index in [2.05, 4.69) is 10.6 Å². The summed E-state index contributed by atoms with van der Waals surface area (Å²) < 4.78 is 31.5. The first kappa shape index (κ1) is 20.9. The van der Waals surface area contributed by atoms with Crippen molar-refractivity contribution in [2.24, 2.45) is 0 Å². The molecule has 2 N–H and O–H groups in total. The SMILES string of the molecule is Cc1cc(C)cc(NC(=O)CC(C)S(=O)(=O)c2cc3c(cc2C)NC(=O)CO3)c1. The molecule has 2 aromatic rings. The van der Waals surface area contributed by atoms with E-state index in [1.54, 1.807) is 13.0 Å². The van der Waals surface area contributed by atoms with E-state index in [1.807, 2.05) is 32.0 Å². The van der Waals surface area contributed by atoms with Gasteiger partial charge in [-0.2, -0.15) is 0 Å². The zero-order valence-electron chi connectivity index (χ0n) is 16.8. The molecule has 2 aromatic carbocycles. The highest BCUT2D eigenvalue weighted by Crippen LogP contribution is 2.34. The van der Waals surface area contributed by atoms with Gasteiger partial charge in [0.15, 0.2) is 16.4 Å². The van der Waals surface area contributed by atoms with E-state index >= 15 is 0 Å². The Morgan fingerprint density at radius 3 is 2.45 bits per heavy atom. The predicted octanol–water partition coefficient (Wildman–Crippen LogP) is 3.13. The maximum absolute atomic E-state index is 13.1. The van der Waals surface area contributed by atoms with Crippen LogP contribution in [0.25, 0.3) is 0 Å². The first-order chi connectivity index (χ1) is 13.6. The maximum atomic E-state index is 13.1. The fourth-order valence-corrected chi connectivity index (χ4v) is 4.95. The number of nitrogens with one attached hydrogen (secondary N) is 2. The van der Waals surface area contributed by atoms with Crippen molar-refractivity contribution in [1.82, 2.24) is 0 Å². The van der Waals surface area contributed by atoms with Crippen molar-refractivity contribution in [1.29, 1.82) is 0 Å². The molecule has 7 nitrogen and oxygen atoms in total. The second kappa shape index (κ2) is 7.87. The molecule has 1 aliphatic rings. The van der Waals surface area contributed by atoms with Gasteiger partial charge in [-0.05, 0) is 62.6 Å². The number of ether oxygens (including phenoxy) is 1. The monoisotopic (exact) mass is 416 g/mol.